The number of fused-ring (bicyclic) bond motifs is 2. The van der Waals surface area contributed by atoms with Crippen LogP contribution >= 0.6 is 0 Å². The monoisotopic (exact) mass is 296 g/mol. The lowest BCUT2D eigenvalue weighted by Gasteiger charge is -2.30. The highest BCUT2D eigenvalue weighted by molar-refractivity contribution is 5.62. The molecule has 22 heavy (non-hydrogen) atoms. The molecule has 2 heterocycles. The molecular weight excluding hydrogens is 276 g/mol. The smallest absolute Gasteiger partial charge is 0.143 e. The molecule has 4 rings (SSSR count). The Morgan fingerprint density at radius 2 is 1.77 bits per heavy atom. The van der Waals surface area contributed by atoms with Crippen LogP contribution in [0.25, 0.3) is 0 Å². The first kappa shape index (κ1) is 13.3. The van der Waals surface area contributed by atoms with Crippen LogP contribution in [0.2, 0.25) is 0 Å². The molecule has 0 bridgehead atoms. The van der Waals surface area contributed by atoms with Gasteiger partial charge >= 0.3 is 0 Å². The maximum absolute atomic E-state index is 6.15. The minimum Gasteiger partial charge on any atom is -0.487 e. The Balaban J connectivity index is 1.61. The molecule has 2 aromatic carbocycles. The molecule has 0 aromatic heterocycles. The van der Waals surface area contributed by atoms with E-state index in [-0.39, 0.29) is 12.2 Å². The molecule has 2 N–H and O–H groups in total. The van der Waals surface area contributed by atoms with Crippen LogP contribution in [0.4, 0.5) is 11.4 Å². The van der Waals surface area contributed by atoms with Crippen LogP contribution in [0.1, 0.15) is 24.2 Å². The average Bonchev–Trinajstić information content (AvgIpc) is 2.53. The molecule has 0 saturated heterocycles. The average molecular weight is 296 g/mol. The fraction of sp³-hybridized carbons (Fsp3) is 0.333. The first-order chi connectivity index (χ1) is 10.7. The highest BCUT2D eigenvalue weighted by atomic mass is 16.5. The van der Waals surface area contributed by atoms with E-state index in [1.807, 2.05) is 6.07 Å². The normalized spacial score (nSPS) is 22.3. The van der Waals surface area contributed by atoms with Gasteiger partial charge in [0.25, 0.3) is 0 Å². The van der Waals surface area contributed by atoms with Crippen LogP contribution in [0.3, 0.4) is 0 Å². The Hall–Kier alpha value is -2.36. The Morgan fingerprint density at radius 3 is 2.68 bits per heavy atom. The predicted molar refractivity (Wildman–Crippen MR) is 88.1 cm³/mol. The van der Waals surface area contributed by atoms with E-state index in [1.165, 1.54) is 5.56 Å². The van der Waals surface area contributed by atoms with Gasteiger partial charge in [0, 0.05) is 0 Å². The van der Waals surface area contributed by atoms with E-state index < -0.39 is 0 Å². The van der Waals surface area contributed by atoms with Gasteiger partial charge in [-0.3, -0.25) is 0 Å². The van der Waals surface area contributed by atoms with Gasteiger partial charge in [0.15, 0.2) is 0 Å². The maximum Gasteiger partial charge on any atom is 0.143 e. The zero-order chi connectivity index (χ0) is 15.1. The minimum atomic E-state index is 0.00124. The van der Waals surface area contributed by atoms with Gasteiger partial charge in [0.2, 0.25) is 0 Å². The summed E-state index contributed by atoms with van der Waals surface area (Å²) in [4.78, 5) is 0. The van der Waals surface area contributed by atoms with Crippen LogP contribution < -0.4 is 20.1 Å². The number of hydrogen-bond acceptors (Lipinski definition) is 4. The van der Waals surface area contributed by atoms with Crippen molar-refractivity contribution in [2.75, 3.05) is 23.7 Å². The quantitative estimate of drug-likeness (QED) is 0.841. The molecule has 0 aliphatic carbocycles. The predicted octanol–water partition coefficient (Wildman–Crippen LogP) is 3.73. The van der Waals surface area contributed by atoms with Gasteiger partial charge in [0.1, 0.15) is 23.7 Å². The fourth-order valence-electron chi connectivity index (χ4n) is 2.96. The third-order valence-electron chi connectivity index (χ3n) is 4.17. The van der Waals surface area contributed by atoms with E-state index in [0.717, 1.165) is 41.5 Å². The van der Waals surface area contributed by atoms with Gasteiger partial charge in [-0.05, 0) is 49.2 Å². The highest BCUT2D eigenvalue weighted by Gasteiger charge is 2.23. The summed E-state index contributed by atoms with van der Waals surface area (Å²) >= 11 is 0. The summed E-state index contributed by atoms with van der Waals surface area (Å²) in [6.45, 7) is 5.77. The van der Waals surface area contributed by atoms with Crippen LogP contribution in [0, 0.1) is 6.92 Å². The van der Waals surface area contributed by atoms with Crippen molar-refractivity contribution in [3.05, 3.63) is 47.5 Å². The third kappa shape index (κ3) is 2.34. The molecule has 0 spiro atoms. The lowest BCUT2D eigenvalue weighted by Crippen LogP contribution is -2.28. The number of ether oxygens (including phenoxy) is 2. The topological polar surface area (TPSA) is 42.5 Å². The van der Waals surface area contributed by atoms with Crippen molar-refractivity contribution in [2.45, 2.75) is 26.1 Å². The molecule has 2 unspecified atom stereocenters. The summed E-state index contributed by atoms with van der Waals surface area (Å²) in [6.07, 6.45) is 0.193. The maximum atomic E-state index is 6.15. The number of nitrogens with one attached hydrogen (secondary N) is 2. The van der Waals surface area contributed by atoms with Gasteiger partial charge < -0.3 is 20.1 Å². The van der Waals surface area contributed by atoms with Crippen LogP contribution in [-0.2, 0) is 0 Å². The molecule has 114 valence electrons. The Morgan fingerprint density at radius 1 is 0.909 bits per heavy atom. The van der Waals surface area contributed by atoms with Gasteiger partial charge in [-0.15, -0.1) is 0 Å². The summed E-state index contributed by atoms with van der Waals surface area (Å²) in [6, 6.07) is 12.5. The molecule has 4 nitrogen and oxygen atoms in total. The molecule has 2 aromatic rings. The molecule has 2 atom stereocenters. The number of benzene rings is 2. The highest BCUT2D eigenvalue weighted by Crippen LogP contribution is 2.37. The van der Waals surface area contributed by atoms with E-state index in [2.05, 4.69) is 54.8 Å². The molecule has 2 aliphatic rings. The Kier molecular flexibility index (Phi) is 3.10. The first-order valence-corrected chi connectivity index (χ1v) is 7.75. The van der Waals surface area contributed by atoms with E-state index in [1.54, 1.807) is 0 Å². The molecule has 4 heteroatoms. The van der Waals surface area contributed by atoms with Crippen LogP contribution in [0.5, 0.6) is 11.5 Å². The van der Waals surface area contributed by atoms with Crippen molar-refractivity contribution in [3.63, 3.8) is 0 Å². The Bertz CT molecular complexity index is 714. The van der Waals surface area contributed by atoms with Gasteiger partial charge in [0.05, 0.1) is 24.5 Å². The summed E-state index contributed by atoms with van der Waals surface area (Å²) < 4.78 is 12.1. The summed E-state index contributed by atoms with van der Waals surface area (Å²) in [7, 11) is 0. The molecule has 0 amide bonds. The lowest BCUT2D eigenvalue weighted by atomic mass is 10.0. The van der Waals surface area contributed by atoms with E-state index >= 15 is 0 Å². The number of rotatable bonds is 1. The van der Waals surface area contributed by atoms with Gasteiger partial charge in [-0.1, -0.05) is 12.1 Å². The standard InChI is InChI=1S/C18H20N2O2/c1-11-3-6-16-15(7-11)20-10-18(22-16)13-4-5-14-17(8-13)21-12(2)9-19-14/h3-8,12,18-20H,9-10H2,1-2H3. The molecule has 0 radical (unpaired) electrons. The Labute approximate surface area is 130 Å². The zero-order valence-corrected chi connectivity index (χ0v) is 12.8. The summed E-state index contributed by atoms with van der Waals surface area (Å²) in [5, 5.41) is 6.84. The number of hydrogen-bond donors (Lipinski definition) is 2. The second kappa shape index (κ2) is 5.13. The van der Waals surface area contributed by atoms with Crippen molar-refractivity contribution in [3.8, 4) is 11.5 Å². The van der Waals surface area contributed by atoms with Crippen molar-refractivity contribution in [1.82, 2.24) is 0 Å². The largest absolute Gasteiger partial charge is 0.487 e. The molecule has 0 saturated carbocycles. The van der Waals surface area contributed by atoms with Crippen LogP contribution in [-0.4, -0.2) is 19.2 Å². The third-order valence-corrected chi connectivity index (χ3v) is 4.17. The second-order valence-electron chi connectivity index (χ2n) is 6.05. The van der Waals surface area contributed by atoms with Gasteiger partial charge in [-0.25, -0.2) is 0 Å². The first-order valence-electron chi connectivity index (χ1n) is 7.75. The molecule has 0 fully saturated rings. The fourth-order valence-corrected chi connectivity index (χ4v) is 2.96. The van der Waals surface area contributed by atoms with Crippen molar-refractivity contribution < 1.29 is 9.47 Å². The van der Waals surface area contributed by atoms with E-state index in [0.29, 0.717) is 0 Å². The SMILES string of the molecule is Cc1ccc2c(c1)NCC(c1ccc3c(c1)OC(C)CN3)O2. The van der Waals surface area contributed by atoms with E-state index in [9.17, 15) is 0 Å². The number of aryl methyl sites for hydroxylation is 1. The summed E-state index contributed by atoms with van der Waals surface area (Å²) in [5.41, 5.74) is 4.49. The zero-order valence-electron chi connectivity index (χ0n) is 12.8. The minimum absolute atomic E-state index is 0.00124. The lowest BCUT2D eigenvalue weighted by molar-refractivity contribution is 0.205. The number of anilines is 2. The van der Waals surface area contributed by atoms with Crippen molar-refractivity contribution in [1.29, 1.82) is 0 Å². The van der Waals surface area contributed by atoms with Crippen LogP contribution in [0.15, 0.2) is 36.4 Å². The summed E-state index contributed by atoms with van der Waals surface area (Å²) in [5.74, 6) is 1.82. The van der Waals surface area contributed by atoms with Crippen molar-refractivity contribution in [2.24, 2.45) is 0 Å². The molecule has 2 aliphatic heterocycles. The second-order valence-corrected chi connectivity index (χ2v) is 6.05. The molecular formula is C18H20N2O2. The van der Waals surface area contributed by atoms with Gasteiger partial charge in [-0.2, -0.15) is 0 Å². The van der Waals surface area contributed by atoms with E-state index in [4.69, 9.17) is 9.47 Å². The van der Waals surface area contributed by atoms with Crippen molar-refractivity contribution >= 4 is 11.4 Å².